The number of thiazole rings is 1. The van der Waals surface area contributed by atoms with E-state index in [0.29, 0.717) is 10.8 Å². The number of rotatable bonds is 4. The van der Waals surface area contributed by atoms with Gasteiger partial charge in [0.1, 0.15) is 6.07 Å². The highest BCUT2D eigenvalue weighted by Crippen LogP contribution is 2.17. The fraction of sp³-hybridized carbons (Fsp3) is 0.0625. The van der Waals surface area contributed by atoms with Crippen LogP contribution in [-0.4, -0.2) is 20.7 Å². The van der Waals surface area contributed by atoms with E-state index in [2.05, 4.69) is 31.5 Å². The van der Waals surface area contributed by atoms with Crippen LogP contribution in [0, 0.1) is 18.3 Å². The van der Waals surface area contributed by atoms with Crippen LogP contribution in [0.4, 0.5) is 5.69 Å². The molecule has 23 heavy (non-hydrogen) atoms. The molecule has 3 rings (SSSR count). The van der Waals surface area contributed by atoms with Gasteiger partial charge in [0, 0.05) is 29.0 Å². The average Bonchev–Trinajstić information content (AvgIpc) is 3.03. The van der Waals surface area contributed by atoms with Gasteiger partial charge < -0.3 is 0 Å². The third-order valence-corrected chi connectivity index (χ3v) is 3.90. The van der Waals surface area contributed by atoms with Crippen molar-refractivity contribution in [1.82, 2.24) is 15.0 Å². The van der Waals surface area contributed by atoms with E-state index in [1.807, 2.05) is 36.6 Å². The van der Waals surface area contributed by atoms with Crippen LogP contribution >= 0.6 is 11.3 Å². The highest BCUT2D eigenvalue weighted by Gasteiger charge is 2.07. The number of nitrogens with one attached hydrogen (secondary N) is 1. The molecule has 0 unspecified atom stereocenters. The maximum absolute atomic E-state index is 9.19. The Hall–Kier alpha value is -3.11. The summed E-state index contributed by atoms with van der Waals surface area (Å²) in [5, 5.41) is 15.8. The number of hydrogen-bond acceptors (Lipinski definition) is 7. The van der Waals surface area contributed by atoms with E-state index in [9.17, 15) is 5.26 Å². The number of aromatic nitrogens is 3. The minimum atomic E-state index is 0.263. The summed E-state index contributed by atoms with van der Waals surface area (Å²) in [7, 11) is 0. The first-order chi connectivity index (χ1) is 11.3. The molecule has 0 radical (unpaired) electrons. The molecule has 2 heterocycles. The molecule has 1 aromatic carbocycles. The van der Waals surface area contributed by atoms with Crippen LogP contribution in [0.15, 0.2) is 53.2 Å². The Morgan fingerprint density at radius 3 is 2.57 bits per heavy atom. The molecule has 7 heteroatoms. The van der Waals surface area contributed by atoms with Gasteiger partial charge in [-0.1, -0.05) is 0 Å². The largest absolute Gasteiger partial charge is 0.277 e. The molecule has 112 valence electrons. The summed E-state index contributed by atoms with van der Waals surface area (Å²) in [6.07, 6.45) is 3.40. The highest BCUT2D eigenvalue weighted by molar-refractivity contribution is 7.12. The summed E-state index contributed by atoms with van der Waals surface area (Å²) in [6.45, 7) is 1.88. The van der Waals surface area contributed by atoms with E-state index in [4.69, 9.17) is 0 Å². The molecule has 0 fully saturated rings. The minimum absolute atomic E-state index is 0.263. The topological polar surface area (TPSA) is 86.9 Å². The first kappa shape index (κ1) is 14.8. The van der Waals surface area contributed by atoms with Crippen LogP contribution in [-0.2, 0) is 0 Å². The van der Waals surface area contributed by atoms with Crippen molar-refractivity contribution in [3.8, 4) is 17.5 Å². The van der Waals surface area contributed by atoms with Gasteiger partial charge in [-0.05, 0) is 37.3 Å². The molecule has 0 aliphatic rings. The number of benzene rings is 1. The van der Waals surface area contributed by atoms with E-state index in [0.717, 1.165) is 16.9 Å². The van der Waals surface area contributed by atoms with E-state index in [1.54, 1.807) is 18.5 Å². The number of nitrogens with zero attached hydrogens (tertiary/aromatic N) is 5. The van der Waals surface area contributed by atoms with Crippen molar-refractivity contribution in [2.24, 2.45) is 5.10 Å². The summed E-state index contributed by atoms with van der Waals surface area (Å²) in [4.78, 5) is 12.7. The maximum atomic E-state index is 9.19. The van der Waals surface area contributed by atoms with Crippen LogP contribution < -0.4 is 5.43 Å². The van der Waals surface area contributed by atoms with Crippen molar-refractivity contribution < 1.29 is 0 Å². The summed E-state index contributed by atoms with van der Waals surface area (Å²) in [5.74, 6) is 0.665. The van der Waals surface area contributed by atoms with E-state index < -0.39 is 0 Å². The average molecular weight is 320 g/mol. The Labute approximate surface area is 137 Å². The predicted octanol–water partition coefficient (Wildman–Crippen LogP) is 3.25. The van der Waals surface area contributed by atoms with Gasteiger partial charge in [-0.15, -0.1) is 11.3 Å². The summed E-state index contributed by atoms with van der Waals surface area (Å²) in [5.41, 5.74) is 5.69. The molecule has 6 nitrogen and oxygen atoms in total. The molecule has 0 spiro atoms. The minimum Gasteiger partial charge on any atom is -0.277 e. The second kappa shape index (κ2) is 6.77. The number of hydrazone groups is 1. The fourth-order valence-corrected chi connectivity index (χ4v) is 2.58. The maximum Gasteiger partial charge on any atom is 0.196 e. The number of hydrogen-bond donors (Lipinski definition) is 1. The van der Waals surface area contributed by atoms with E-state index in [1.165, 1.54) is 11.3 Å². The number of aryl methyl sites for hydroxylation is 1. The van der Waals surface area contributed by atoms with Crippen LogP contribution in [0.2, 0.25) is 0 Å². The van der Waals surface area contributed by atoms with Crippen LogP contribution in [0.5, 0.6) is 0 Å². The Balaban J connectivity index is 1.76. The van der Waals surface area contributed by atoms with Crippen molar-refractivity contribution in [3.63, 3.8) is 0 Å². The smallest absolute Gasteiger partial charge is 0.196 e. The highest BCUT2D eigenvalue weighted by atomic mass is 32.1. The van der Waals surface area contributed by atoms with Gasteiger partial charge >= 0.3 is 0 Å². The van der Waals surface area contributed by atoms with Gasteiger partial charge in [-0.3, -0.25) is 5.43 Å². The molecule has 0 saturated carbocycles. The van der Waals surface area contributed by atoms with Crippen molar-refractivity contribution in [2.45, 2.75) is 6.92 Å². The third-order valence-electron chi connectivity index (χ3n) is 2.93. The molecule has 1 N–H and O–H groups in total. The van der Waals surface area contributed by atoms with Gasteiger partial charge in [-0.25, -0.2) is 15.0 Å². The monoisotopic (exact) mass is 320 g/mol. The SMILES string of the molecule is Cc1csc(/C(C#N)=N/Nc2ccc(-c3ncccn3)cc2)n1. The summed E-state index contributed by atoms with van der Waals surface area (Å²) in [6, 6.07) is 11.3. The Kier molecular flexibility index (Phi) is 4.36. The molecule has 0 saturated heterocycles. The van der Waals surface area contributed by atoms with Crippen molar-refractivity contribution in [3.05, 3.63) is 58.8 Å². The van der Waals surface area contributed by atoms with Gasteiger partial charge in [0.2, 0.25) is 0 Å². The zero-order valence-corrected chi connectivity index (χ0v) is 13.1. The van der Waals surface area contributed by atoms with Crippen LogP contribution in [0.1, 0.15) is 10.7 Å². The molecule has 0 bridgehead atoms. The lowest BCUT2D eigenvalue weighted by Crippen LogP contribution is -2.01. The zero-order valence-electron chi connectivity index (χ0n) is 12.3. The Morgan fingerprint density at radius 2 is 1.96 bits per heavy atom. The van der Waals surface area contributed by atoms with Crippen LogP contribution in [0.25, 0.3) is 11.4 Å². The zero-order chi connectivity index (χ0) is 16.1. The van der Waals surface area contributed by atoms with Crippen LogP contribution in [0.3, 0.4) is 0 Å². The van der Waals surface area contributed by atoms with Crippen molar-refractivity contribution in [2.75, 3.05) is 5.43 Å². The molecule has 0 atom stereocenters. The van der Waals surface area contributed by atoms with E-state index in [-0.39, 0.29) is 5.71 Å². The predicted molar refractivity (Wildman–Crippen MR) is 90.1 cm³/mol. The molecule has 0 aliphatic carbocycles. The summed E-state index contributed by atoms with van der Waals surface area (Å²) >= 11 is 1.40. The second-order valence-corrected chi connectivity index (χ2v) is 5.49. The van der Waals surface area contributed by atoms with Crippen molar-refractivity contribution >= 4 is 22.7 Å². The van der Waals surface area contributed by atoms with E-state index >= 15 is 0 Å². The normalized spacial score (nSPS) is 11.0. The standard InChI is InChI=1S/C16H12N6S/c1-11-10-23-16(20-11)14(9-17)22-21-13-5-3-12(4-6-13)15-18-7-2-8-19-15/h2-8,10,21H,1H3/b22-14+. The second-order valence-electron chi connectivity index (χ2n) is 4.63. The quantitative estimate of drug-likeness (QED) is 0.589. The summed E-state index contributed by atoms with van der Waals surface area (Å²) < 4.78 is 0. The first-order valence-electron chi connectivity index (χ1n) is 6.80. The lowest BCUT2D eigenvalue weighted by atomic mass is 10.2. The number of anilines is 1. The Morgan fingerprint density at radius 1 is 1.22 bits per heavy atom. The lowest BCUT2D eigenvalue weighted by molar-refractivity contribution is 1.18. The molecule has 2 aromatic heterocycles. The lowest BCUT2D eigenvalue weighted by Gasteiger charge is -2.03. The van der Waals surface area contributed by atoms with Gasteiger partial charge in [-0.2, -0.15) is 10.4 Å². The molecular weight excluding hydrogens is 308 g/mol. The Bertz CT molecular complexity index is 862. The fourth-order valence-electron chi connectivity index (χ4n) is 1.85. The van der Waals surface area contributed by atoms with Gasteiger partial charge in [0.25, 0.3) is 0 Å². The number of nitriles is 1. The molecule has 0 aliphatic heterocycles. The molecule has 0 amide bonds. The third kappa shape index (κ3) is 3.56. The molecule has 3 aromatic rings. The van der Waals surface area contributed by atoms with Gasteiger partial charge in [0.05, 0.1) is 5.69 Å². The van der Waals surface area contributed by atoms with Crippen molar-refractivity contribution in [1.29, 1.82) is 5.26 Å². The molecular formula is C16H12N6S. The van der Waals surface area contributed by atoms with Gasteiger partial charge in [0.15, 0.2) is 16.5 Å². The first-order valence-corrected chi connectivity index (χ1v) is 7.68.